The molecule has 2 aromatic heterocycles. The molecule has 19 heavy (non-hydrogen) atoms. The molecule has 0 radical (unpaired) electrons. The third-order valence-corrected chi connectivity index (χ3v) is 5.02. The molecule has 0 atom stereocenters. The second kappa shape index (κ2) is 5.27. The van der Waals surface area contributed by atoms with Crippen LogP contribution in [0.2, 0.25) is 0 Å². The minimum atomic E-state index is 0.431. The van der Waals surface area contributed by atoms with Crippen LogP contribution in [0.3, 0.4) is 0 Å². The number of nitrogens with zero attached hydrogens (tertiary/aromatic N) is 2. The van der Waals surface area contributed by atoms with E-state index in [4.69, 9.17) is 11.6 Å². The largest absolute Gasteiger partial charge is 0.321 e. The Balaban J connectivity index is 2.15. The highest BCUT2D eigenvalue weighted by molar-refractivity contribution is 9.10. The number of halogens is 2. The summed E-state index contributed by atoms with van der Waals surface area (Å²) >= 11 is 11.3. The van der Waals surface area contributed by atoms with Gasteiger partial charge in [0.15, 0.2) is 0 Å². The Kier molecular flexibility index (Phi) is 3.65. The van der Waals surface area contributed by atoms with Crippen molar-refractivity contribution in [2.75, 3.05) is 0 Å². The van der Waals surface area contributed by atoms with Crippen LogP contribution in [0.15, 0.2) is 34.1 Å². The molecule has 2 nitrogen and oxygen atoms in total. The van der Waals surface area contributed by atoms with Crippen molar-refractivity contribution in [3.8, 4) is 0 Å². The molecule has 0 fully saturated rings. The fourth-order valence-corrected chi connectivity index (χ4v) is 3.92. The lowest BCUT2D eigenvalue weighted by molar-refractivity contribution is 0.787. The summed E-state index contributed by atoms with van der Waals surface area (Å²) in [6.07, 6.45) is 0. The fraction of sp³-hybridized carbons (Fsp3) is 0.214. The van der Waals surface area contributed by atoms with E-state index in [1.165, 1.54) is 16.0 Å². The van der Waals surface area contributed by atoms with Gasteiger partial charge in [-0.3, -0.25) is 0 Å². The predicted octanol–water partition coefficient (Wildman–Crippen LogP) is 4.96. The molecule has 3 rings (SSSR count). The van der Waals surface area contributed by atoms with Crippen LogP contribution in [-0.2, 0) is 12.4 Å². The Bertz CT molecular complexity index is 732. The number of fused-ring (bicyclic) bond motifs is 1. The number of para-hydroxylation sites is 1. The molecule has 5 heteroatoms. The lowest BCUT2D eigenvalue weighted by Crippen LogP contribution is -2.03. The fourth-order valence-electron chi connectivity index (χ4n) is 2.28. The highest BCUT2D eigenvalue weighted by Gasteiger charge is 2.12. The zero-order chi connectivity index (χ0) is 13.4. The Morgan fingerprint density at radius 3 is 2.95 bits per heavy atom. The van der Waals surface area contributed by atoms with Gasteiger partial charge in [0.05, 0.1) is 23.5 Å². The maximum Gasteiger partial charge on any atom is 0.125 e. The Morgan fingerprint density at radius 2 is 2.26 bits per heavy atom. The maximum absolute atomic E-state index is 6.04. The van der Waals surface area contributed by atoms with Crippen molar-refractivity contribution in [2.45, 2.75) is 19.3 Å². The third kappa shape index (κ3) is 2.45. The summed E-state index contributed by atoms with van der Waals surface area (Å²) in [4.78, 5) is 5.91. The summed E-state index contributed by atoms with van der Waals surface area (Å²) < 4.78 is 3.34. The molecule has 0 aliphatic heterocycles. The van der Waals surface area contributed by atoms with E-state index < -0.39 is 0 Å². The van der Waals surface area contributed by atoms with Gasteiger partial charge in [-0.25, -0.2) is 4.98 Å². The molecule has 0 amide bonds. The lowest BCUT2D eigenvalue weighted by atomic mass is 10.2. The SMILES string of the molecule is Cc1cccc2nc(CCl)n(Cc3cc(Br)cs3)c12. The molecule has 0 saturated carbocycles. The van der Waals surface area contributed by atoms with Crippen LogP contribution in [0.25, 0.3) is 11.0 Å². The molecule has 2 heterocycles. The van der Waals surface area contributed by atoms with Crippen molar-refractivity contribution >= 4 is 49.9 Å². The van der Waals surface area contributed by atoms with E-state index in [1.807, 2.05) is 12.1 Å². The first-order valence-corrected chi connectivity index (χ1v) is 8.13. The normalized spacial score (nSPS) is 11.3. The summed E-state index contributed by atoms with van der Waals surface area (Å²) in [6.45, 7) is 2.93. The number of hydrogen-bond donors (Lipinski definition) is 0. The van der Waals surface area contributed by atoms with E-state index in [-0.39, 0.29) is 0 Å². The first kappa shape index (κ1) is 13.2. The van der Waals surface area contributed by atoms with Gasteiger partial charge < -0.3 is 4.57 Å². The summed E-state index contributed by atoms with van der Waals surface area (Å²) in [6, 6.07) is 8.34. The second-order valence-electron chi connectivity index (χ2n) is 4.42. The molecular weight excluding hydrogens is 344 g/mol. The number of benzene rings is 1. The van der Waals surface area contributed by atoms with Crippen LogP contribution in [0.1, 0.15) is 16.3 Å². The standard InChI is InChI=1S/C14H12BrClN2S/c1-9-3-2-4-12-14(9)18(13(6-16)17-12)7-11-5-10(15)8-19-11/h2-5,8H,6-7H2,1H3. The highest BCUT2D eigenvalue weighted by atomic mass is 79.9. The zero-order valence-electron chi connectivity index (χ0n) is 10.4. The van der Waals surface area contributed by atoms with Crippen LogP contribution >= 0.6 is 38.9 Å². The molecule has 1 aromatic carbocycles. The van der Waals surface area contributed by atoms with Crippen molar-refractivity contribution in [3.05, 3.63) is 50.4 Å². The van der Waals surface area contributed by atoms with Crippen LogP contribution in [-0.4, -0.2) is 9.55 Å². The second-order valence-corrected chi connectivity index (χ2v) is 6.60. The number of aryl methyl sites for hydroxylation is 1. The number of aromatic nitrogens is 2. The van der Waals surface area contributed by atoms with Gasteiger partial charge in [0.2, 0.25) is 0 Å². The average Bonchev–Trinajstić information content (AvgIpc) is 2.95. The molecule has 3 aromatic rings. The van der Waals surface area contributed by atoms with Crippen LogP contribution in [0.4, 0.5) is 0 Å². The van der Waals surface area contributed by atoms with E-state index in [0.29, 0.717) is 5.88 Å². The number of thiophene rings is 1. The van der Waals surface area contributed by atoms with Gasteiger partial charge in [0.1, 0.15) is 5.82 Å². The predicted molar refractivity (Wildman–Crippen MR) is 85.1 cm³/mol. The van der Waals surface area contributed by atoms with Crippen LogP contribution < -0.4 is 0 Å². The number of hydrogen-bond acceptors (Lipinski definition) is 2. The smallest absolute Gasteiger partial charge is 0.125 e. The summed E-state index contributed by atoms with van der Waals surface area (Å²) in [5.74, 6) is 1.36. The molecule has 0 saturated heterocycles. The molecule has 0 unspecified atom stereocenters. The monoisotopic (exact) mass is 354 g/mol. The van der Waals surface area contributed by atoms with E-state index in [1.54, 1.807) is 11.3 Å². The molecule has 0 spiro atoms. The van der Waals surface area contributed by atoms with E-state index >= 15 is 0 Å². The van der Waals surface area contributed by atoms with Gasteiger partial charge in [-0.2, -0.15) is 0 Å². The minimum Gasteiger partial charge on any atom is -0.321 e. The Labute approximate surface area is 129 Å². The van der Waals surface area contributed by atoms with Crippen molar-refractivity contribution < 1.29 is 0 Å². The van der Waals surface area contributed by atoms with Crippen molar-refractivity contribution in [1.29, 1.82) is 0 Å². The number of imidazole rings is 1. The molecule has 0 bridgehead atoms. The molecule has 98 valence electrons. The first-order valence-electron chi connectivity index (χ1n) is 5.92. The Morgan fingerprint density at radius 1 is 1.42 bits per heavy atom. The van der Waals surface area contributed by atoms with Gasteiger partial charge in [0.25, 0.3) is 0 Å². The van der Waals surface area contributed by atoms with Crippen molar-refractivity contribution in [3.63, 3.8) is 0 Å². The maximum atomic E-state index is 6.04. The number of rotatable bonds is 3. The molecule has 0 N–H and O–H groups in total. The number of alkyl halides is 1. The molecule has 0 aliphatic rings. The highest BCUT2D eigenvalue weighted by Crippen LogP contribution is 2.26. The Hall–Kier alpha value is -0.840. The van der Waals surface area contributed by atoms with Crippen molar-refractivity contribution in [1.82, 2.24) is 9.55 Å². The topological polar surface area (TPSA) is 17.8 Å². The minimum absolute atomic E-state index is 0.431. The van der Waals surface area contributed by atoms with Gasteiger partial charge in [0, 0.05) is 14.7 Å². The van der Waals surface area contributed by atoms with Gasteiger partial charge >= 0.3 is 0 Å². The first-order chi connectivity index (χ1) is 9.19. The summed E-state index contributed by atoms with van der Waals surface area (Å²) in [7, 11) is 0. The van der Waals surface area contributed by atoms with Gasteiger partial charge in [-0.05, 0) is 40.5 Å². The van der Waals surface area contributed by atoms with Crippen LogP contribution in [0.5, 0.6) is 0 Å². The van der Waals surface area contributed by atoms with E-state index in [0.717, 1.165) is 22.4 Å². The average molecular weight is 356 g/mol. The van der Waals surface area contributed by atoms with Gasteiger partial charge in [-0.1, -0.05) is 12.1 Å². The van der Waals surface area contributed by atoms with E-state index in [2.05, 4.69) is 49.9 Å². The van der Waals surface area contributed by atoms with E-state index in [9.17, 15) is 0 Å². The summed E-state index contributed by atoms with van der Waals surface area (Å²) in [5, 5.41) is 2.10. The van der Waals surface area contributed by atoms with Gasteiger partial charge in [-0.15, -0.1) is 22.9 Å². The zero-order valence-corrected chi connectivity index (χ0v) is 13.5. The summed E-state index contributed by atoms with van der Waals surface area (Å²) in [5.41, 5.74) is 3.44. The lowest BCUT2D eigenvalue weighted by Gasteiger charge is -2.07. The van der Waals surface area contributed by atoms with Crippen LogP contribution in [0, 0.1) is 6.92 Å². The quantitative estimate of drug-likeness (QED) is 0.607. The molecular formula is C14H12BrClN2S. The molecule has 0 aliphatic carbocycles. The van der Waals surface area contributed by atoms with Crippen molar-refractivity contribution in [2.24, 2.45) is 0 Å². The third-order valence-electron chi connectivity index (χ3n) is 3.10.